The van der Waals surface area contributed by atoms with Gasteiger partial charge in [-0.3, -0.25) is 0 Å². The average Bonchev–Trinajstić information content (AvgIpc) is 2.41. The van der Waals surface area contributed by atoms with Crippen LogP contribution in [0, 0.1) is 6.92 Å². The Morgan fingerprint density at radius 1 is 1.19 bits per heavy atom. The van der Waals surface area contributed by atoms with Crippen molar-refractivity contribution in [2.24, 2.45) is 0 Å². The van der Waals surface area contributed by atoms with Crippen molar-refractivity contribution in [3.05, 3.63) is 58.6 Å². The van der Waals surface area contributed by atoms with Gasteiger partial charge in [-0.2, -0.15) is 0 Å². The van der Waals surface area contributed by atoms with Gasteiger partial charge < -0.3 is 5.73 Å². The highest BCUT2D eigenvalue weighted by molar-refractivity contribution is 7.89. The molecule has 1 unspecified atom stereocenters. The second-order valence-electron chi connectivity index (χ2n) is 4.92. The smallest absolute Gasteiger partial charge is 0.241 e. The molecule has 0 saturated heterocycles. The van der Waals surface area contributed by atoms with E-state index in [1.54, 1.807) is 44.2 Å². The number of nitrogens with two attached hydrogens (primary N) is 1. The number of nitrogen functional groups attached to an aromatic ring is 1. The second-order valence-corrected chi connectivity index (χ2v) is 7.07. The highest BCUT2D eigenvalue weighted by Crippen LogP contribution is 2.21. The molecule has 1 atom stereocenters. The van der Waals surface area contributed by atoms with Gasteiger partial charge in [-0.15, -0.1) is 0 Å². The monoisotopic (exact) mass is 324 g/mol. The molecule has 0 fully saturated rings. The van der Waals surface area contributed by atoms with E-state index in [1.165, 1.54) is 6.07 Å². The Morgan fingerprint density at radius 3 is 2.52 bits per heavy atom. The Hall–Kier alpha value is -1.56. The van der Waals surface area contributed by atoms with E-state index >= 15 is 0 Å². The highest BCUT2D eigenvalue weighted by Gasteiger charge is 2.19. The summed E-state index contributed by atoms with van der Waals surface area (Å²) in [5, 5.41) is 0.571. The number of hydrogen-bond acceptors (Lipinski definition) is 3. The lowest BCUT2D eigenvalue weighted by Crippen LogP contribution is -2.27. The summed E-state index contributed by atoms with van der Waals surface area (Å²) < 4.78 is 27.4. The first-order chi connectivity index (χ1) is 9.79. The zero-order chi connectivity index (χ0) is 15.6. The van der Waals surface area contributed by atoms with Crippen molar-refractivity contribution >= 4 is 27.3 Å². The molecule has 0 spiro atoms. The fraction of sp³-hybridized carbons (Fsp3) is 0.200. The lowest BCUT2D eigenvalue weighted by Gasteiger charge is -2.15. The van der Waals surface area contributed by atoms with Gasteiger partial charge in [-0.1, -0.05) is 23.7 Å². The Morgan fingerprint density at radius 2 is 1.90 bits per heavy atom. The summed E-state index contributed by atoms with van der Waals surface area (Å²) in [5.74, 6) is 0. The van der Waals surface area contributed by atoms with E-state index in [0.717, 1.165) is 11.1 Å². The number of halogens is 1. The first-order valence-electron chi connectivity index (χ1n) is 6.43. The van der Waals surface area contributed by atoms with Crippen molar-refractivity contribution in [1.82, 2.24) is 4.72 Å². The first kappa shape index (κ1) is 15.8. The molecular formula is C15H17ClN2O2S. The molecular weight excluding hydrogens is 308 g/mol. The van der Waals surface area contributed by atoms with E-state index < -0.39 is 10.0 Å². The molecule has 0 radical (unpaired) electrons. The molecule has 3 N–H and O–H groups in total. The molecule has 2 aromatic rings. The Bertz CT molecular complexity index is 760. The van der Waals surface area contributed by atoms with Crippen LogP contribution in [-0.4, -0.2) is 8.42 Å². The number of anilines is 1. The molecule has 2 aromatic carbocycles. The fourth-order valence-corrected chi connectivity index (χ4v) is 3.48. The third-order valence-electron chi connectivity index (χ3n) is 3.23. The van der Waals surface area contributed by atoms with Crippen LogP contribution >= 0.6 is 11.6 Å². The lowest BCUT2D eigenvalue weighted by molar-refractivity contribution is 0.567. The van der Waals surface area contributed by atoms with Crippen LogP contribution in [0.3, 0.4) is 0 Å². The minimum Gasteiger partial charge on any atom is -0.399 e. The summed E-state index contributed by atoms with van der Waals surface area (Å²) in [4.78, 5) is 0.197. The maximum Gasteiger partial charge on any atom is 0.241 e. The minimum absolute atomic E-state index is 0.197. The van der Waals surface area contributed by atoms with Crippen LogP contribution in [-0.2, 0) is 10.0 Å². The van der Waals surface area contributed by atoms with Crippen molar-refractivity contribution in [2.45, 2.75) is 24.8 Å². The number of rotatable bonds is 4. The quantitative estimate of drug-likeness (QED) is 0.848. The van der Waals surface area contributed by atoms with Crippen LogP contribution in [0.2, 0.25) is 5.02 Å². The highest BCUT2D eigenvalue weighted by atomic mass is 35.5. The van der Waals surface area contributed by atoms with E-state index in [0.29, 0.717) is 10.7 Å². The van der Waals surface area contributed by atoms with Crippen LogP contribution in [0.25, 0.3) is 0 Å². The summed E-state index contributed by atoms with van der Waals surface area (Å²) >= 11 is 5.92. The number of sulfonamides is 1. The molecule has 0 amide bonds. The van der Waals surface area contributed by atoms with Crippen LogP contribution in [0.15, 0.2) is 47.4 Å². The van der Waals surface area contributed by atoms with E-state index in [2.05, 4.69) is 4.72 Å². The number of hydrogen-bond donors (Lipinski definition) is 2. The zero-order valence-corrected chi connectivity index (χ0v) is 13.4. The van der Waals surface area contributed by atoms with Crippen LogP contribution in [0.4, 0.5) is 5.69 Å². The molecule has 4 nitrogen and oxygen atoms in total. The molecule has 0 saturated carbocycles. The zero-order valence-electron chi connectivity index (χ0n) is 11.8. The molecule has 0 aliphatic rings. The maximum atomic E-state index is 12.4. The summed E-state index contributed by atoms with van der Waals surface area (Å²) in [6.45, 7) is 3.54. The van der Waals surface area contributed by atoms with E-state index in [9.17, 15) is 8.42 Å². The predicted octanol–water partition coefficient (Wildman–Crippen LogP) is 3.27. The molecule has 0 aromatic heterocycles. The van der Waals surface area contributed by atoms with Gasteiger partial charge in [0, 0.05) is 16.8 Å². The van der Waals surface area contributed by atoms with E-state index in [-0.39, 0.29) is 10.9 Å². The summed E-state index contributed by atoms with van der Waals surface area (Å²) in [7, 11) is -3.61. The second kappa shape index (κ2) is 6.05. The normalized spacial score (nSPS) is 13.1. The van der Waals surface area contributed by atoms with E-state index in [1.807, 2.05) is 6.07 Å². The Labute approximate surface area is 130 Å². The molecule has 112 valence electrons. The molecule has 6 heteroatoms. The van der Waals surface area contributed by atoms with Crippen molar-refractivity contribution < 1.29 is 8.42 Å². The SMILES string of the molecule is Cc1cc(S(=O)(=O)NC(C)c2cccc(Cl)c2)ccc1N. The first-order valence-corrected chi connectivity index (χ1v) is 8.29. The molecule has 0 aliphatic heterocycles. The van der Waals surface area contributed by atoms with Crippen LogP contribution < -0.4 is 10.5 Å². The van der Waals surface area contributed by atoms with Gasteiger partial charge in [0.15, 0.2) is 0 Å². The van der Waals surface area contributed by atoms with Gasteiger partial charge in [0.2, 0.25) is 10.0 Å². The maximum absolute atomic E-state index is 12.4. The van der Waals surface area contributed by atoms with Gasteiger partial charge in [-0.25, -0.2) is 13.1 Å². The largest absolute Gasteiger partial charge is 0.399 e. The van der Waals surface area contributed by atoms with Crippen molar-refractivity contribution in [1.29, 1.82) is 0 Å². The standard InChI is InChI=1S/C15H17ClN2O2S/c1-10-8-14(6-7-15(10)17)21(19,20)18-11(2)12-4-3-5-13(16)9-12/h3-9,11,18H,17H2,1-2H3. The number of benzene rings is 2. The number of aryl methyl sites for hydroxylation is 1. The van der Waals surface area contributed by atoms with E-state index in [4.69, 9.17) is 17.3 Å². The molecule has 21 heavy (non-hydrogen) atoms. The van der Waals surface area contributed by atoms with Crippen molar-refractivity contribution in [2.75, 3.05) is 5.73 Å². The predicted molar refractivity (Wildman–Crippen MR) is 85.8 cm³/mol. The Kier molecular flexibility index (Phi) is 4.56. The summed E-state index contributed by atoms with van der Waals surface area (Å²) in [6, 6.07) is 11.4. The summed E-state index contributed by atoms with van der Waals surface area (Å²) in [6.07, 6.45) is 0. The fourth-order valence-electron chi connectivity index (χ4n) is 1.96. The average molecular weight is 325 g/mol. The van der Waals surface area contributed by atoms with Gasteiger partial charge in [0.05, 0.1) is 4.90 Å². The summed E-state index contributed by atoms with van der Waals surface area (Å²) in [5.41, 5.74) is 7.81. The molecule has 0 aliphatic carbocycles. The third kappa shape index (κ3) is 3.75. The lowest BCUT2D eigenvalue weighted by atomic mass is 10.1. The topological polar surface area (TPSA) is 72.2 Å². The van der Waals surface area contributed by atoms with Gasteiger partial charge in [0.25, 0.3) is 0 Å². The minimum atomic E-state index is -3.61. The van der Waals surface area contributed by atoms with Gasteiger partial charge in [0.1, 0.15) is 0 Å². The Balaban J connectivity index is 2.26. The molecule has 0 bridgehead atoms. The van der Waals surface area contributed by atoms with Crippen molar-refractivity contribution in [3.8, 4) is 0 Å². The number of nitrogens with one attached hydrogen (secondary N) is 1. The van der Waals surface area contributed by atoms with Crippen LogP contribution in [0.1, 0.15) is 24.1 Å². The molecule has 0 heterocycles. The van der Waals surface area contributed by atoms with Crippen molar-refractivity contribution in [3.63, 3.8) is 0 Å². The van der Waals surface area contributed by atoms with Gasteiger partial charge >= 0.3 is 0 Å². The van der Waals surface area contributed by atoms with Crippen LogP contribution in [0.5, 0.6) is 0 Å². The molecule has 2 rings (SSSR count). The van der Waals surface area contributed by atoms with Gasteiger partial charge in [-0.05, 0) is 55.3 Å². The third-order valence-corrected chi connectivity index (χ3v) is 5.01.